The first-order valence-corrected chi connectivity index (χ1v) is 8.59. The number of benzene rings is 3. The van der Waals surface area contributed by atoms with Gasteiger partial charge in [-0.3, -0.25) is 9.59 Å². The Balaban J connectivity index is 1.94. The van der Waals surface area contributed by atoms with Crippen LogP contribution in [0.5, 0.6) is 0 Å². The van der Waals surface area contributed by atoms with Gasteiger partial charge in [-0.05, 0) is 24.1 Å². The summed E-state index contributed by atoms with van der Waals surface area (Å²) in [5.74, 6) is -0.0969. The molecule has 0 fully saturated rings. The van der Waals surface area contributed by atoms with E-state index in [0.717, 1.165) is 16.7 Å². The molecule has 0 N–H and O–H groups in total. The number of Topliss-reactive ketones (excluding diaryl/α,β-unsaturated/α-hetero) is 1. The monoisotopic (exact) mass is 340 g/mol. The second-order valence-corrected chi connectivity index (χ2v) is 6.23. The molecule has 0 spiro atoms. The van der Waals surface area contributed by atoms with Crippen molar-refractivity contribution in [2.75, 3.05) is 0 Å². The maximum atomic E-state index is 12.7. The third kappa shape index (κ3) is 4.42. The molecule has 0 aromatic heterocycles. The van der Waals surface area contributed by atoms with Gasteiger partial charge in [0.15, 0.2) is 11.6 Å². The molecule has 26 heavy (non-hydrogen) atoms. The Morgan fingerprint density at radius 2 is 1.23 bits per heavy atom. The lowest BCUT2D eigenvalue weighted by Gasteiger charge is -2.09. The first-order valence-electron chi connectivity index (χ1n) is 8.59. The van der Waals surface area contributed by atoms with Crippen molar-refractivity contribution in [3.8, 4) is 0 Å². The first kappa shape index (κ1) is 17.6. The molecule has 0 saturated heterocycles. The van der Waals surface area contributed by atoms with Gasteiger partial charge >= 0.3 is 0 Å². The van der Waals surface area contributed by atoms with E-state index in [1.54, 1.807) is 30.3 Å². The minimum atomic E-state index is -0.0953. The fourth-order valence-corrected chi connectivity index (χ4v) is 2.75. The van der Waals surface area contributed by atoms with Gasteiger partial charge in [0, 0.05) is 17.5 Å². The molecule has 0 radical (unpaired) electrons. The van der Waals surface area contributed by atoms with Crippen LogP contribution in [0.3, 0.4) is 0 Å². The van der Waals surface area contributed by atoms with Crippen LogP contribution in [-0.4, -0.2) is 11.6 Å². The molecule has 3 rings (SSSR count). The molecule has 3 aromatic rings. The van der Waals surface area contributed by atoms with E-state index in [0.29, 0.717) is 11.1 Å². The van der Waals surface area contributed by atoms with Crippen LogP contribution in [0.2, 0.25) is 0 Å². The molecule has 0 unspecified atom stereocenters. The van der Waals surface area contributed by atoms with Gasteiger partial charge in [0.05, 0.1) is 0 Å². The first-order chi connectivity index (χ1) is 12.6. The highest BCUT2D eigenvalue weighted by atomic mass is 16.1. The average Bonchev–Trinajstić information content (AvgIpc) is 2.69. The molecule has 2 nitrogen and oxygen atoms in total. The highest BCUT2D eigenvalue weighted by molar-refractivity contribution is 6.11. The molecule has 0 aliphatic heterocycles. The lowest BCUT2D eigenvalue weighted by molar-refractivity contribution is 0.0998. The highest BCUT2D eigenvalue weighted by Gasteiger charge is 2.13. The molecule has 128 valence electrons. The van der Waals surface area contributed by atoms with Crippen LogP contribution in [0.15, 0.2) is 91.0 Å². The van der Waals surface area contributed by atoms with Crippen LogP contribution in [0.1, 0.15) is 38.3 Å². The second kappa shape index (κ2) is 8.21. The van der Waals surface area contributed by atoms with Gasteiger partial charge in [-0.15, -0.1) is 0 Å². The van der Waals surface area contributed by atoms with Crippen LogP contribution in [0.4, 0.5) is 0 Å². The zero-order chi connectivity index (χ0) is 18.4. The van der Waals surface area contributed by atoms with Crippen molar-refractivity contribution in [3.63, 3.8) is 0 Å². The summed E-state index contributed by atoms with van der Waals surface area (Å²) in [5, 5.41) is 0. The van der Waals surface area contributed by atoms with Gasteiger partial charge < -0.3 is 0 Å². The third-order valence-electron chi connectivity index (χ3n) is 4.23. The maximum absolute atomic E-state index is 12.7. The normalized spacial score (nSPS) is 11.2. The number of hydrogen-bond acceptors (Lipinski definition) is 2. The number of allylic oxidation sites excluding steroid dienone is 2. The van der Waals surface area contributed by atoms with Crippen molar-refractivity contribution < 1.29 is 9.59 Å². The highest BCUT2D eigenvalue weighted by Crippen LogP contribution is 2.22. The minimum Gasteiger partial charge on any atom is -0.294 e. The zero-order valence-corrected chi connectivity index (χ0v) is 14.7. The molecular weight excluding hydrogens is 320 g/mol. The molecule has 0 amide bonds. The Morgan fingerprint density at radius 1 is 0.692 bits per heavy atom. The van der Waals surface area contributed by atoms with Crippen molar-refractivity contribution in [1.29, 1.82) is 0 Å². The smallest absolute Gasteiger partial charge is 0.186 e. The van der Waals surface area contributed by atoms with Gasteiger partial charge in [0.2, 0.25) is 0 Å². The molecule has 0 heterocycles. The van der Waals surface area contributed by atoms with Crippen molar-refractivity contribution >= 4 is 17.1 Å². The summed E-state index contributed by atoms with van der Waals surface area (Å²) in [7, 11) is 0. The van der Waals surface area contributed by atoms with E-state index in [4.69, 9.17) is 0 Å². The second-order valence-electron chi connectivity index (χ2n) is 6.23. The number of hydrogen-bond donors (Lipinski definition) is 0. The topological polar surface area (TPSA) is 34.1 Å². The molecule has 0 saturated carbocycles. The van der Waals surface area contributed by atoms with Crippen molar-refractivity contribution in [2.45, 2.75) is 13.3 Å². The van der Waals surface area contributed by atoms with E-state index in [1.165, 1.54) is 0 Å². The third-order valence-corrected chi connectivity index (χ3v) is 4.23. The minimum absolute atomic E-state index is 0.00159. The maximum Gasteiger partial charge on any atom is 0.186 e. The van der Waals surface area contributed by atoms with E-state index in [9.17, 15) is 9.59 Å². The van der Waals surface area contributed by atoms with E-state index in [1.807, 2.05) is 67.6 Å². The molecule has 0 aliphatic rings. The Hall–Kier alpha value is -3.26. The summed E-state index contributed by atoms with van der Waals surface area (Å²) in [5.41, 5.74) is 4.02. The van der Waals surface area contributed by atoms with Crippen LogP contribution in [-0.2, 0) is 0 Å². The van der Waals surface area contributed by atoms with Crippen molar-refractivity contribution in [3.05, 3.63) is 113 Å². The van der Waals surface area contributed by atoms with E-state index < -0.39 is 0 Å². The predicted octanol–water partition coefficient (Wildman–Crippen LogP) is 5.53. The lowest BCUT2D eigenvalue weighted by atomic mass is 9.94. The number of carbonyl (C=O) groups is 2. The van der Waals surface area contributed by atoms with E-state index in [2.05, 4.69) is 0 Å². The largest absolute Gasteiger partial charge is 0.294 e. The molecular formula is C24H20O2. The Bertz CT molecular complexity index is 921. The summed E-state index contributed by atoms with van der Waals surface area (Å²) in [4.78, 5) is 25.3. The number of carbonyl (C=O) groups excluding carboxylic acids is 2. The van der Waals surface area contributed by atoms with E-state index >= 15 is 0 Å². The van der Waals surface area contributed by atoms with Gasteiger partial charge in [-0.1, -0.05) is 90.5 Å². The SMILES string of the molecule is Cc1ccc(/C(=C\C(=O)c2ccccc2)CC(=O)c2ccccc2)cc1. The summed E-state index contributed by atoms with van der Waals surface area (Å²) in [6.45, 7) is 2.01. The fraction of sp³-hybridized carbons (Fsp3) is 0.0833. The lowest BCUT2D eigenvalue weighted by Crippen LogP contribution is -2.03. The summed E-state index contributed by atoms with van der Waals surface area (Å²) in [6, 6.07) is 26.2. The van der Waals surface area contributed by atoms with Gasteiger partial charge in [0.1, 0.15) is 0 Å². The standard InChI is InChI=1S/C24H20O2/c1-18-12-14-19(15-13-18)22(16-23(25)20-8-4-2-5-9-20)17-24(26)21-10-6-3-7-11-21/h2-16H,17H2,1H3/b22-16-. The summed E-state index contributed by atoms with van der Waals surface area (Å²) >= 11 is 0. The van der Waals surface area contributed by atoms with Gasteiger partial charge in [-0.2, -0.15) is 0 Å². The Labute approximate surface area is 153 Å². The Morgan fingerprint density at radius 3 is 1.81 bits per heavy atom. The summed E-state index contributed by atoms with van der Waals surface area (Å²) in [6.07, 6.45) is 1.77. The Kier molecular flexibility index (Phi) is 5.55. The van der Waals surface area contributed by atoms with Crippen LogP contribution in [0.25, 0.3) is 5.57 Å². The zero-order valence-electron chi connectivity index (χ0n) is 14.7. The molecule has 0 aliphatic carbocycles. The fourth-order valence-electron chi connectivity index (χ4n) is 2.75. The van der Waals surface area contributed by atoms with Gasteiger partial charge in [-0.25, -0.2) is 0 Å². The summed E-state index contributed by atoms with van der Waals surface area (Å²) < 4.78 is 0. The number of rotatable bonds is 6. The quantitative estimate of drug-likeness (QED) is 0.436. The number of aryl methyl sites for hydroxylation is 1. The van der Waals surface area contributed by atoms with Crippen molar-refractivity contribution in [2.24, 2.45) is 0 Å². The molecule has 0 atom stereocenters. The molecule has 3 aromatic carbocycles. The van der Waals surface area contributed by atoms with Crippen LogP contribution in [0, 0.1) is 6.92 Å². The van der Waals surface area contributed by atoms with Crippen LogP contribution >= 0.6 is 0 Å². The van der Waals surface area contributed by atoms with Crippen LogP contribution < -0.4 is 0 Å². The average molecular weight is 340 g/mol. The van der Waals surface area contributed by atoms with Crippen molar-refractivity contribution in [1.82, 2.24) is 0 Å². The predicted molar refractivity (Wildman–Crippen MR) is 105 cm³/mol. The molecule has 2 heteroatoms. The van der Waals surface area contributed by atoms with E-state index in [-0.39, 0.29) is 18.0 Å². The molecule has 0 bridgehead atoms. The number of ketones is 2. The van der Waals surface area contributed by atoms with Gasteiger partial charge in [0.25, 0.3) is 0 Å².